The number of rotatable bonds is 6. The highest BCUT2D eigenvalue weighted by atomic mass is 16.3. The van der Waals surface area contributed by atoms with Crippen LogP contribution in [0.25, 0.3) is 0 Å². The maximum Gasteiger partial charge on any atom is 0.318 e. The van der Waals surface area contributed by atoms with Crippen LogP contribution in [0.15, 0.2) is 42.7 Å². The number of phenols is 1. The molecule has 6 heteroatoms. The monoisotopic (exact) mass is 314 g/mol. The molecule has 0 bridgehead atoms. The number of amides is 2. The lowest BCUT2D eigenvalue weighted by atomic mass is 10.2. The van der Waals surface area contributed by atoms with Crippen molar-refractivity contribution in [2.75, 3.05) is 0 Å². The molecule has 2 aromatic rings. The third kappa shape index (κ3) is 4.25. The summed E-state index contributed by atoms with van der Waals surface area (Å²) < 4.78 is 1.81. The highest BCUT2D eigenvalue weighted by Gasteiger charge is 2.33. The minimum absolute atomic E-state index is 0.00321. The first-order chi connectivity index (χ1) is 11.1. The number of benzene rings is 1. The first-order valence-corrected chi connectivity index (χ1v) is 7.94. The number of hydrogen-bond donors (Lipinski definition) is 2. The Morgan fingerprint density at radius 1 is 1.43 bits per heavy atom. The molecule has 1 aliphatic carbocycles. The van der Waals surface area contributed by atoms with Gasteiger partial charge in [-0.15, -0.1) is 0 Å². The molecule has 0 aliphatic heterocycles. The first kappa shape index (κ1) is 15.4. The molecular formula is C17H22N4O2. The number of urea groups is 1. The van der Waals surface area contributed by atoms with E-state index in [-0.39, 0.29) is 17.8 Å². The van der Waals surface area contributed by atoms with Crippen molar-refractivity contribution in [2.24, 2.45) is 0 Å². The van der Waals surface area contributed by atoms with Crippen molar-refractivity contribution in [2.45, 2.75) is 44.9 Å². The zero-order valence-corrected chi connectivity index (χ0v) is 13.2. The zero-order chi connectivity index (χ0) is 16.2. The highest BCUT2D eigenvalue weighted by Crippen LogP contribution is 2.28. The number of nitrogens with one attached hydrogen (secondary N) is 1. The van der Waals surface area contributed by atoms with Crippen molar-refractivity contribution in [3.8, 4) is 5.75 Å². The van der Waals surface area contributed by atoms with E-state index in [2.05, 4.69) is 10.4 Å². The molecule has 1 heterocycles. The van der Waals surface area contributed by atoms with Crippen molar-refractivity contribution in [3.05, 3.63) is 48.3 Å². The van der Waals surface area contributed by atoms with E-state index < -0.39 is 0 Å². The summed E-state index contributed by atoms with van der Waals surface area (Å²) in [5, 5.41) is 16.6. The van der Waals surface area contributed by atoms with Crippen molar-refractivity contribution < 1.29 is 9.90 Å². The SMILES string of the molecule is C[C@@H](Cn1cccn1)NC(=O)N(Cc1ccc(O)cc1)C1CC1. The Balaban J connectivity index is 1.59. The summed E-state index contributed by atoms with van der Waals surface area (Å²) in [6, 6.07) is 9.16. The van der Waals surface area contributed by atoms with Crippen LogP contribution in [-0.2, 0) is 13.1 Å². The molecule has 0 unspecified atom stereocenters. The standard InChI is InChI=1S/C17H22N4O2/c1-13(11-20-10-2-9-18-20)19-17(23)21(15-5-6-15)12-14-3-7-16(22)8-4-14/h2-4,7-10,13,15,22H,5-6,11-12H2,1H3,(H,19,23)/t13-/m0/s1. The lowest BCUT2D eigenvalue weighted by Gasteiger charge is -2.25. The van der Waals surface area contributed by atoms with E-state index in [0.29, 0.717) is 19.1 Å². The molecule has 2 amide bonds. The van der Waals surface area contributed by atoms with Crippen LogP contribution in [0.3, 0.4) is 0 Å². The van der Waals surface area contributed by atoms with E-state index >= 15 is 0 Å². The van der Waals surface area contributed by atoms with Crippen LogP contribution >= 0.6 is 0 Å². The van der Waals surface area contributed by atoms with E-state index in [4.69, 9.17) is 0 Å². The Bertz CT molecular complexity index is 635. The fraction of sp³-hybridized carbons (Fsp3) is 0.412. The lowest BCUT2D eigenvalue weighted by Crippen LogP contribution is -2.45. The van der Waals surface area contributed by atoms with Gasteiger partial charge in [-0.3, -0.25) is 4.68 Å². The van der Waals surface area contributed by atoms with Gasteiger partial charge in [0.05, 0.1) is 6.54 Å². The summed E-state index contributed by atoms with van der Waals surface area (Å²) in [6.07, 6.45) is 5.73. The molecule has 3 rings (SSSR count). The highest BCUT2D eigenvalue weighted by molar-refractivity contribution is 5.75. The fourth-order valence-corrected chi connectivity index (χ4v) is 2.58. The number of aromatic hydroxyl groups is 1. The van der Waals surface area contributed by atoms with Crippen molar-refractivity contribution in [1.82, 2.24) is 20.0 Å². The second-order valence-corrected chi connectivity index (χ2v) is 6.10. The number of nitrogens with zero attached hydrogens (tertiary/aromatic N) is 3. The Hall–Kier alpha value is -2.50. The number of phenolic OH excluding ortho intramolecular Hbond substituents is 1. The summed E-state index contributed by atoms with van der Waals surface area (Å²) in [6.45, 7) is 3.19. The lowest BCUT2D eigenvalue weighted by molar-refractivity contribution is 0.187. The predicted molar refractivity (Wildman–Crippen MR) is 86.9 cm³/mol. The number of carbonyl (C=O) groups is 1. The molecule has 2 N–H and O–H groups in total. The van der Waals surface area contributed by atoms with Crippen LogP contribution in [0, 0.1) is 0 Å². The quantitative estimate of drug-likeness (QED) is 0.860. The van der Waals surface area contributed by atoms with Gasteiger partial charge in [0.15, 0.2) is 0 Å². The maximum absolute atomic E-state index is 12.6. The molecule has 1 aliphatic rings. The Labute approximate surface area is 135 Å². The normalized spacial score (nSPS) is 15.2. The molecule has 1 aromatic heterocycles. The number of hydrogen-bond acceptors (Lipinski definition) is 3. The second-order valence-electron chi connectivity index (χ2n) is 6.10. The zero-order valence-electron chi connectivity index (χ0n) is 13.2. The summed E-state index contributed by atoms with van der Waals surface area (Å²) in [4.78, 5) is 14.5. The van der Waals surface area contributed by atoms with Gasteiger partial charge in [0.2, 0.25) is 0 Å². The van der Waals surface area contributed by atoms with Gasteiger partial charge in [0.25, 0.3) is 0 Å². The third-order valence-corrected chi connectivity index (χ3v) is 3.93. The number of aromatic nitrogens is 2. The smallest absolute Gasteiger partial charge is 0.318 e. The Morgan fingerprint density at radius 2 is 2.17 bits per heavy atom. The van der Waals surface area contributed by atoms with Crippen molar-refractivity contribution in [1.29, 1.82) is 0 Å². The topological polar surface area (TPSA) is 70.4 Å². The van der Waals surface area contributed by atoms with Crippen LogP contribution in [0.4, 0.5) is 4.79 Å². The third-order valence-electron chi connectivity index (χ3n) is 3.93. The van der Waals surface area contributed by atoms with E-state index in [1.807, 2.05) is 40.9 Å². The van der Waals surface area contributed by atoms with Gasteiger partial charge in [0, 0.05) is 31.0 Å². The summed E-state index contributed by atoms with van der Waals surface area (Å²) in [5.74, 6) is 0.240. The van der Waals surface area contributed by atoms with Gasteiger partial charge < -0.3 is 15.3 Å². The van der Waals surface area contributed by atoms with E-state index in [9.17, 15) is 9.90 Å². The molecule has 1 atom stereocenters. The van der Waals surface area contributed by atoms with E-state index in [1.54, 1.807) is 18.3 Å². The summed E-state index contributed by atoms with van der Waals surface area (Å²) >= 11 is 0. The molecule has 0 saturated heterocycles. The van der Waals surface area contributed by atoms with Gasteiger partial charge in [-0.2, -0.15) is 5.10 Å². The minimum Gasteiger partial charge on any atom is -0.508 e. The van der Waals surface area contributed by atoms with Crippen molar-refractivity contribution in [3.63, 3.8) is 0 Å². The maximum atomic E-state index is 12.6. The van der Waals surface area contributed by atoms with Crippen LogP contribution in [0.2, 0.25) is 0 Å². The molecule has 6 nitrogen and oxygen atoms in total. The molecule has 23 heavy (non-hydrogen) atoms. The average molecular weight is 314 g/mol. The van der Waals surface area contributed by atoms with E-state index in [0.717, 1.165) is 18.4 Å². The Kier molecular flexibility index (Phi) is 4.50. The van der Waals surface area contributed by atoms with Crippen molar-refractivity contribution >= 4 is 6.03 Å². The van der Waals surface area contributed by atoms with Crippen LogP contribution in [-0.4, -0.2) is 37.9 Å². The van der Waals surface area contributed by atoms with Gasteiger partial charge in [-0.25, -0.2) is 4.79 Å². The Morgan fingerprint density at radius 3 is 2.78 bits per heavy atom. The molecule has 1 saturated carbocycles. The number of carbonyl (C=O) groups excluding carboxylic acids is 1. The molecule has 0 radical (unpaired) electrons. The second kappa shape index (κ2) is 6.73. The van der Waals surface area contributed by atoms with E-state index in [1.165, 1.54) is 0 Å². The first-order valence-electron chi connectivity index (χ1n) is 7.94. The fourth-order valence-electron chi connectivity index (χ4n) is 2.58. The van der Waals surface area contributed by atoms with Gasteiger partial charge in [0.1, 0.15) is 5.75 Å². The largest absolute Gasteiger partial charge is 0.508 e. The van der Waals surface area contributed by atoms with Gasteiger partial charge in [-0.1, -0.05) is 12.1 Å². The molecule has 1 fully saturated rings. The van der Waals surface area contributed by atoms with Gasteiger partial charge in [-0.05, 0) is 43.5 Å². The van der Waals surface area contributed by atoms with Crippen LogP contribution in [0.1, 0.15) is 25.3 Å². The van der Waals surface area contributed by atoms with Crippen LogP contribution < -0.4 is 5.32 Å². The molecule has 122 valence electrons. The molecule has 1 aromatic carbocycles. The predicted octanol–water partition coefficient (Wildman–Crippen LogP) is 2.35. The molecular weight excluding hydrogens is 292 g/mol. The molecule has 0 spiro atoms. The minimum atomic E-state index is -0.0415. The summed E-state index contributed by atoms with van der Waals surface area (Å²) in [7, 11) is 0. The summed E-state index contributed by atoms with van der Waals surface area (Å²) in [5.41, 5.74) is 1.02. The van der Waals surface area contributed by atoms with Gasteiger partial charge >= 0.3 is 6.03 Å². The average Bonchev–Trinajstić information content (AvgIpc) is 3.23. The van der Waals surface area contributed by atoms with Crippen LogP contribution in [0.5, 0.6) is 5.75 Å².